The summed E-state index contributed by atoms with van der Waals surface area (Å²) >= 11 is 0. The first-order chi connectivity index (χ1) is 12.4. The van der Waals surface area contributed by atoms with Crippen molar-refractivity contribution in [1.82, 2.24) is 20.0 Å². The third-order valence-electron chi connectivity index (χ3n) is 3.98. The summed E-state index contributed by atoms with van der Waals surface area (Å²) in [5, 5.41) is 8.04. The van der Waals surface area contributed by atoms with Crippen LogP contribution in [0.2, 0.25) is 0 Å². The molecule has 0 aliphatic heterocycles. The molecule has 2 aromatic heterocycles. The van der Waals surface area contributed by atoms with E-state index in [0.717, 1.165) is 4.68 Å². The fourth-order valence-corrected chi connectivity index (χ4v) is 2.66. The number of hydrogen-bond acceptors (Lipinski definition) is 7. The number of nitrogens with one attached hydrogen (secondary N) is 1. The Morgan fingerprint density at radius 3 is 2.65 bits per heavy atom. The molecule has 2 heterocycles. The van der Waals surface area contributed by atoms with Gasteiger partial charge in [0.15, 0.2) is 6.73 Å². The number of methoxy groups -OCH3 is 1. The Labute approximate surface area is 147 Å². The number of aromatic amines is 1. The maximum atomic E-state index is 12.3. The molecule has 0 aliphatic rings. The summed E-state index contributed by atoms with van der Waals surface area (Å²) < 4.78 is 10.8. The Morgan fingerprint density at radius 2 is 1.92 bits per heavy atom. The minimum Gasteiger partial charge on any atom is -0.465 e. The summed E-state index contributed by atoms with van der Waals surface area (Å²) in [5.41, 5.74) is 1.34. The number of fused-ring (bicyclic) bond motifs is 1. The van der Waals surface area contributed by atoms with Crippen molar-refractivity contribution in [3.05, 3.63) is 57.1 Å². The number of benzene rings is 1. The number of aryl methyl sites for hydroxylation is 1. The second-order valence-corrected chi connectivity index (χ2v) is 5.59. The minimum absolute atomic E-state index is 0.115. The molecule has 0 amide bonds. The van der Waals surface area contributed by atoms with Crippen LogP contribution >= 0.6 is 0 Å². The van der Waals surface area contributed by atoms with E-state index in [4.69, 9.17) is 9.47 Å². The molecule has 26 heavy (non-hydrogen) atoms. The largest absolute Gasteiger partial charge is 0.465 e. The van der Waals surface area contributed by atoms with Crippen LogP contribution in [0.5, 0.6) is 0 Å². The molecule has 134 valence electrons. The average Bonchev–Trinajstić information content (AvgIpc) is 2.95. The number of aromatic nitrogens is 4. The van der Waals surface area contributed by atoms with E-state index in [1.807, 2.05) is 0 Å². The van der Waals surface area contributed by atoms with Gasteiger partial charge in [-0.15, -0.1) is 5.10 Å². The molecule has 3 rings (SSSR count). The number of hydrogen-bond donors (Lipinski definition) is 1. The lowest BCUT2D eigenvalue weighted by molar-refractivity contribution is 0.0329. The van der Waals surface area contributed by atoms with Crippen molar-refractivity contribution in [1.29, 1.82) is 0 Å². The maximum absolute atomic E-state index is 12.3. The van der Waals surface area contributed by atoms with Gasteiger partial charge in [-0.2, -0.15) is 4.68 Å². The number of nitrogens with zero attached hydrogens (tertiary/aromatic N) is 3. The van der Waals surface area contributed by atoms with E-state index in [1.165, 1.54) is 7.11 Å². The van der Waals surface area contributed by atoms with Gasteiger partial charge in [0.2, 0.25) is 0 Å². The summed E-state index contributed by atoms with van der Waals surface area (Å²) in [6, 6.07) is 6.74. The number of esters is 2. The van der Waals surface area contributed by atoms with Gasteiger partial charge >= 0.3 is 11.9 Å². The van der Waals surface area contributed by atoms with Crippen molar-refractivity contribution in [2.75, 3.05) is 7.11 Å². The molecular weight excluding hydrogens is 340 g/mol. The Kier molecular flexibility index (Phi) is 4.53. The Morgan fingerprint density at radius 1 is 1.19 bits per heavy atom. The van der Waals surface area contributed by atoms with Crippen molar-refractivity contribution >= 4 is 22.8 Å². The normalized spacial score (nSPS) is 10.7. The van der Waals surface area contributed by atoms with Crippen molar-refractivity contribution in [3.8, 4) is 0 Å². The smallest absolute Gasteiger partial charge is 0.356 e. The van der Waals surface area contributed by atoms with E-state index >= 15 is 0 Å². The number of rotatable bonds is 4. The lowest BCUT2D eigenvalue weighted by atomic mass is 10.1. The third kappa shape index (κ3) is 2.94. The van der Waals surface area contributed by atoms with Gasteiger partial charge < -0.3 is 14.5 Å². The van der Waals surface area contributed by atoms with Gasteiger partial charge in [-0.05, 0) is 31.5 Å². The second kappa shape index (κ2) is 6.79. The molecule has 0 spiro atoms. The van der Waals surface area contributed by atoms with E-state index in [9.17, 15) is 14.4 Å². The molecule has 0 atom stereocenters. The van der Waals surface area contributed by atoms with Crippen LogP contribution in [0.25, 0.3) is 10.9 Å². The predicted molar refractivity (Wildman–Crippen MR) is 90.8 cm³/mol. The Balaban J connectivity index is 1.83. The number of H-pyrrole nitrogens is 1. The van der Waals surface area contributed by atoms with Gasteiger partial charge in [0.1, 0.15) is 11.2 Å². The van der Waals surface area contributed by atoms with Crippen LogP contribution in [0.3, 0.4) is 0 Å². The highest BCUT2D eigenvalue weighted by molar-refractivity contribution is 5.98. The highest BCUT2D eigenvalue weighted by Gasteiger charge is 2.23. The summed E-state index contributed by atoms with van der Waals surface area (Å²) in [5.74, 6) is -1.27. The number of carbonyl (C=O) groups is 2. The van der Waals surface area contributed by atoms with E-state index in [0.29, 0.717) is 22.2 Å². The molecule has 0 aliphatic carbocycles. The van der Waals surface area contributed by atoms with Gasteiger partial charge in [0.25, 0.3) is 5.56 Å². The third-order valence-corrected chi connectivity index (χ3v) is 3.98. The molecule has 0 fully saturated rings. The molecule has 3 aromatic rings. The molecule has 0 saturated carbocycles. The van der Waals surface area contributed by atoms with Gasteiger partial charge in [-0.3, -0.25) is 4.79 Å². The standard InChI is InChI=1S/C17H16N4O5/c1-9-13(16(23)25-3)10(2)18-14(9)17(24)26-8-21-15(22)11-6-4-5-7-12(11)19-20-21/h4-7,18H,8H2,1-3H3. The summed E-state index contributed by atoms with van der Waals surface area (Å²) in [6.07, 6.45) is 0. The molecule has 9 nitrogen and oxygen atoms in total. The highest BCUT2D eigenvalue weighted by Crippen LogP contribution is 2.19. The zero-order valence-corrected chi connectivity index (χ0v) is 14.4. The molecule has 0 saturated heterocycles. The van der Waals surface area contributed by atoms with Gasteiger partial charge in [-0.1, -0.05) is 17.3 Å². The molecule has 0 radical (unpaired) electrons. The fraction of sp³-hybridized carbons (Fsp3) is 0.235. The fourth-order valence-electron chi connectivity index (χ4n) is 2.66. The van der Waals surface area contributed by atoms with Crippen molar-refractivity contribution in [2.24, 2.45) is 0 Å². The molecule has 1 N–H and O–H groups in total. The van der Waals surface area contributed by atoms with Crippen LogP contribution < -0.4 is 5.56 Å². The first-order valence-corrected chi connectivity index (χ1v) is 7.71. The van der Waals surface area contributed by atoms with Crippen LogP contribution in [-0.2, 0) is 16.2 Å². The highest BCUT2D eigenvalue weighted by atomic mass is 16.5. The SMILES string of the molecule is COC(=O)c1c(C)[nH]c(C(=O)OCn2nnc3ccccc3c2=O)c1C. The van der Waals surface area contributed by atoms with E-state index in [-0.39, 0.29) is 11.3 Å². The average molecular weight is 356 g/mol. The zero-order valence-electron chi connectivity index (χ0n) is 14.4. The molecule has 0 unspecified atom stereocenters. The maximum Gasteiger partial charge on any atom is 0.356 e. The molecule has 9 heteroatoms. The quantitative estimate of drug-likeness (QED) is 0.701. The topological polar surface area (TPSA) is 116 Å². The van der Waals surface area contributed by atoms with E-state index in [2.05, 4.69) is 15.3 Å². The van der Waals surface area contributed by atoms with Gasteiger partial charge in [-0.25, -0.2) is 9.59 Å². The number of carbonyl (C=O) groups excluding carboxylic acids is 2. The first kappa shape index (κ1) is 17.3. The summed E-state index contributed by atoms with van der Waals surface area (Å²) in [7, 11) is 1.26. The lowest BCUT2D eigenvalue weighted by Gasteiger charge is -2.06. The van der Waals surface area contributed by atoms with Crippen molar-refractivity contribution < 1.29 is 19.1 Å². The zero-order chi connectivity index (χ0) is 18.8. The summed E-state index contributed by atoms with van der Waals surface area (Å²) in [4.78, 5) is 39.2. The monoisotopic (exact) mass is 356 g/mol. The predicted octanol–water partition coefficient (Wildman–Crippen LogP) is 1.34. The molecular formula is C17H16N4O5. The van der Waals surface area contributed by atoms with Crippen molar-refractivity contribution in [3.63, 3.8) is 0 Å². The van der Waals surface area contributed by atoms with Crippen LogP contribution in [0.1, 0.15) is 32.1 Å². The van der Waals surface area contributed by atoms with Crippen LogP contribution in [0, 0.1) is 13.8 Å². The first-order valence-electron chi connectivity index (χ1n) is 7.71. The lowest BCUT2D eigenvalue weighted by Crippen LogP contribution is -2.26. The van der Waals surface area contributed by atoms with Gasteiger partial charge in [0.05, 0.1) is 18.1 Å². The van der Waals surface area contributed by atoms with E-state index < -0.39 is 24.2 Å². The van der Waals surface area contributed by atoms with E-state index in [1.54, 1.807) is 38.1 Å². The summed E-state index contributed by atoms with van der Waals surface area (Å²) in [6.45, 7) is 2.85. The van der Waals surface area contributed by atoms with Crippen molar-refractivity contribution in [2.45, 2.75) is 20.6 Å². The molecule has 1 aromatic carbocycles. The van der Waals surface area contributed by atoms with Gasteiger partial charge in [0, 0.05) is 5.69 Å². The minimum atomic E-state index is -0.720. The van der Waals surface area contributed by atoms with Crippen LogP contribution in [0.4, 0.5) is 0 Å². The second-order valence-electron chi connectivity index (χ2n) is 5.59. The van der Waals surface area contributed by atoms with Crippen LogP contribution in [0.15, 0.2) is 29.1 Å². The Hall–Kier alpha value is -3.49. The van der Waals surface area contributed by atoms with Crippen LogP contribution in [-0.4, -0.2) is 39.0 Å². The molecule has 0 bridgehead atoms. The Bertz CT molecular complexity index is 1070. The number of ether oxygens (including phenoxy) is 2.